The Bertz CT molecular complexity index is 821. The molecule has 30 heavy (non-hydrogen) atoms. The zero-order chi connectivity index (χ0) is 21.7. The summed E-state index contributed by atoms with van der Waals surface area (Å²) >= 11 is 0. The van der Waals surface area contributed by atoms with Crippen LogP contribution in [0.5, 0.6) is 0 Å². The van der Waals surface area contributed by atoms with Crippen LogP contribution in [0.25, 0.3) is 0 Å². The number of carbonyl (C=O) groups is 2. The highest BCUT2D eigenvalue weighted by Crippen LogP contribution is 2.66. The Balaban J connectivity index is 1.55. The average molecular weight is 413 g/mol. The van der Waals surface area contributed by atoms with Crippen molar-refractivity contribution in [3.05, 3.63) is 35.6 Å². The van der Waals surface area contributed by atoms with E-state index in [-0.39, 0.29) is 28.9 Å². The van der Waals surface area contributed by atoms with Crippen molar-refractivity contribution in [2.45, 2.75) is 85.2 Å². The molecule has 0 heterocycles. The Morgan fingerprint density at radius 2 is 1.77 bits per heavy atom. The zero-order valence-corrected chi connectivity index (χ0v) is 19.0. The van der Waals surface area contributed by atoms with Crippen LogP contribution in [0.15, 0.2) is 35.6 Å². The number of hydrogen-bond acceptors (Lipinski definition) is 4. The van der Waals surface area contributed by atoms with E-state index in [9.17, 15) is 9.59 Å². The molecule has 0 radical (unpaired) electrons. The number of fused-ring (bicyclic) bond motifs is 5. The first-order valence-electron chi connectivity index (χ1n) is 11.6. The van der Waals surface area contributed by atoms with Crippen LogP contribution in [0.3, 0.4) is 0 Å². The van der Waals surface area contributed by atoms with Crippen LogP contribution in [-0.2, 0) is 19.1 Å². The molecule has 0 saturated heterocycles. The van der Waals surface area contributed by atoms with E-state index in [1.54, 1.807) is 0 Å². The van der Waals surface area contributed by atoms with Crippen LogP contribution in [0.4, 0.5) is 0 Å². The molecule has 3 saturated carbocycles. The highest BCUT2D eigenvalue weighted by atomic mass is 16.5. The summed E-state index contributed by atoms with van der Waals surface area (Å²) < 4.78 is 10.8. The number of carbonyl (C=O) groups excluding carboxylic acids is 2. The van der Waals surface area contributed by atoms with Crippen molar-refractivity contribution in [2.24, 2.45) is 28.6 Å². The number of ether oxygens (including phenoxy) is 2. The molecule has 6 atom stereocenters. The lowest BCUT2D eigenvalue weighted by Gasteiger charge is -2.57. The molecule has 0 amide bonds. The number of rotatable bonds is 3. The van der Waals surface area contributed by atoms with Crippen LogP contribution >= 0.6 is 0 Å². The van der Waals surface area contributed by atoms with Crippen molar-refractivity contribution < 1.29 is 19.1 Å². The second-order valence-electron chi connectivity index (χ2n) is 10.5. The third-order valence-corrected chi connectivity index (χ3v) is 8.85. The fourth-order valence-electron chi connectivity index (χ4n) is 7.46. The molecule has 0 aromatic rings. The van der Waals surface area contributed by atoms with E-state index >= 15 is 0 Å². The van der Waals surface area contributed by atoms with Gasteiger partial charge in [0, 0.05) is 20.3 Å². The fourth-order valence-corrected chi connectivity index (χ4v) is 7.46. The highest BCUT2D eigenvalue weighted by molar-refractivity contribution is 5.67. The Morgan fingerprint density at radius 1 is 1.07 bits per heavy atom. The minimum atomic E-state index is -0.303. The van der Waals surface area contributed by atoms with Crippen LogP contribution < -0.4 is 0 Å². The van der Waals surface area contributed by atoms with Crippen LogP contribution in [0.2, 0.25) is 0 Å². The first-order chi connectivity index (χ1) is 14.1. The SMILES string of the molecule is C=C(/C=C1\CC[C@H]2[C@@H]3CC=C4C[C@H](OC(C)=O)CC[C@]4(C)[C@H]3CC[C@]12C)OC(C)=O. The molecular weight excluding hydrogens is 376 g/mol. The molecule has 0 bridgehead atoms. The van der Waals surface area contributed by atoms with Gasteiger partial charge in [-0.3, -0.25) is 9.59 Å². The van der Waals surface area contributed by atoms with Gasteiger partial charge in [-0.15, -0.1) is 0 Å². The first-order valence-corrected chi connectivity index (χ1v) is 11.6. The maximum absolute atomic E-state index is 11.4. The summed E-state index contributed by atoms with van der Waals surface area (Å²) in [5.74, 6) is 2.10. The standard InChI is InChI=1S/C26H36O4/c1-16(29-17(2)27)14-19-7-9-23-22-8-6-20-15-21(30-18(3)28)10-12-25(20,4)24(22)11-13-26(19,23)5/h6,14,21-24H,1,7-13,15H2,2-5H3/b19-14+/t21-,22+,23+,24+,25+,26-/m1/s1. The van der Waals surface area contributed by atoms with E-state index in [0.717, 1.165) is 32.1 Å². The predicted molar refractivity (Wildman–Crippen MR) is 116 cm³/mol. The Labute approximate surface area is 180 Å². The van der Waals surface area contributed by atoms with Gasteiger partial charge in [0.15, 0.2) is 0 Å². The van der Waals surface area contributed by atoms with Gasteiger partial charge in [-0.1, -0.05) is 37.6 Å². The van der Waals surface area contributed by atoms with Gasteiger partial charge in [-0.05, 0) is 79.6 Å². The van der Waals surface area contributed by atoms with Crippen molar-refractivity contribution in [2.75, 3.05) is 0 Å². The summed E-state index contributed by atoms with van der Waals surface area (Å²) in [6.07, 6.45) is 13.4. The maximum Gasteiger partial charge on any atom is 0.308 e. The van der Waals surface area contributed by atoms with E-state index in [1.165, 1.54) is 44.3 Å². The topological polar surface area (TPSA) is 52.6 Å². The minimum absolute atomic E-state index is 0.0561. The monoisotopic (exact) mass is 412 g/mol. The van der Waals surface area contributed by atoms with Gasteiger partial charge in [0.2, 0.25) is 0 Å². The fraction of sp³-hybridized carbons (Fsp3) is 0.692. The average Bonchev–Trinajstić information content (AvgIpc) is 2.97. The van der Waals surface area contributed by atoms with E-state index < -0.39 is 0 Å². The van der Waals surface area contributed by atoms with Gasteiger partial charge in [0.1, 0.15) is 11.9 Å². The van der Waals surface area contributed by atoms with Gasteiger partial charge >= 0.3 is 11.9 Å². The molecule has 4 aliphatic carbocycles. The molecule has 164 valence electrons. The summed E-state index contributed by atoms with van der Waals surface area (Å²) in [5.41, 5.74) is 3.37. The normalized spacial score (nSPS) is 41.2. The minimum Gasteiger partial charge on any atom is -0.462 e. The molecule has 4 heteroatoms. The van der Waals surface area contributed by atoms with Crippen molar-refractivity contribution >= 4 is 11.9 Å². The van der Waals surface area contributed by atoms with E-state index in [0.29, 0.717) is 23.5 Å². The lowest BCUT2D eigenvalue weighted by Crippen LogP contribution is -2.49. The predicted octanol–water partition coefficient (Wildman–Crippen LogP) is 5.88. The van der Waals surface area contributed by atoms with Crippen molar-refractivity contribution in [3.63, 3.8) is 0 Å². The second-order valence-corrected chi connectivity index (χ2v) is 10.5. The molecule has 0 aliphatic heterocycles. The van der Waals surface area contributed by atoms with Crippen molar-refractivity contribution in [3.8, 4) is 0 Å². The molecular formula is C26H36O4. The van der Waals surface area contributed by atoms with Gasteiger partial charge in [-0.2, -0.15) is 0 Å². The Kier molecular flexibility index (Phi) is 5.48. The molecule has 4 rings (SSSR count). The van der Waals surface area contributed by atoms with E-state index in [4.69, 9.17) is 9.47 Å². The van der Waals surface area contributed by atoms with Gasteiger partial charge < -0.3 is 9.47 Å². The zero-order valence-electron chi connectivity index (χ0n) is 19.0. The molecule has 3 fully saturated rings. The molecule has 0 spiro atoms. The second kappa shape index (κ2) is 7.69. The van der Waals surface area contributed by atoms with Crippen LogP contribution in [-0.4, -0.2) is 18.0 Å². The van der Waals surface area contributed by atoms with E-state index in [1.807, 2.05) is 6.08 Å². The molecule has 0 N–H and O–H groups in total. The third-order valence-electron chi connectivity index (χ3n) is 8.85. The van der Waals surface area contributed by atoms with Gasteiger partial charge in [0.05, 0.1) is 0 Å². The molecule has 4 nitrogen and oxygen atoms in total. The van der Waals surface area contributed by atoms with Crippen molar-refractivity contribution in [1.82, 2.24) is 0 Å². The quantitative estimate of drug-likeness (QED) is 0.330. The van der Waals surface area contributed by atoms with Crippen LogP contribution in [0, 0.1) is 28.6 Å². The van der Waals surface area contributed by atoms with E-state index in [2.05, 4.69) is 26.5 Å². The third kappa shape index (κ3) is 3.56. The molecule has 0 aromatic heterocycles. The Morgan fingerprint density at radius 3 is 2.47 bits per heavy atom. The lowest BCUT2D eigenvalue weighted by molar-refractivity contribution is -0.148. The summed E-state index contributed by atoms with van der Waals surface area (Å²) in [6.45, 7) is 11.8. The number of esters is 2. The summed E-state index contributed by atoms with van der Waals surface area (Å²) in [4.78, 5) is 22.7. The smallest absolute Gasteiger partial charge is 0.308 e. The van der Waals surface area contributed by atoms with Gasteiger partial charge in [0.25, 0.3) is 0 Å². The van der Waals surface area contributed by atoms with Crippen LogP contribution in [0.1, 0.15) is 79.1 Å². The number of hydrogen-bond donors (Lipinski definition) is 0. The van der Waals surface area contributed by atoms with Crippen molar-refractivity contribution in [1.29, 1.82) is 0 Å². The van der Waals surface area contributed by atoms with Gasteiger partial charge in [-0.25, -0.2) is 0 Å². The Hall–Kier alpha value is -1.84. The first kappa shape index (κ1) is 21.4. The molecule has 0 unspecified atom stereocenters. The summed E-state index contributed by atoms with van der Waals surface area (Å²) in [6, 6.07) is 0. The summed E-state index contributed by atoms with van der Waals surface area (Å²) in [7, 11) is 0. The highest BCUT2D eigenvalue weighted by Gasteiger charge is 2.57. The maximum atomic E-state index is 11.4. The molecule has 0 aromatic carbocycles. The number of allylic oxidation sites excluding steroid dienone is 3. The largest absolute Gasteiger partial charge is 0.462 e. The molecule has 4 aliphatic rings. The lowest BCUT2D eigenvalue weighted by atomic mass is 9.48. The summed E-state index contributed by atoms with van der Waals surface area (Å²) in [5, 5.41) is 0.